The summed E-state index contributed by atoms with van der Waals surface area (Å²) in [6.07, 6.45) is 0. The number of benzene rings is 2. The van der Waals surface area contributed by atoms with Crippen molar-refractivity contribution in [2.75, 3.05) is 0 Å². The van der Waals surface area contributed by atoms with E-state index < -0.39 is 17.9 Å². The van der Waals surface area contributed by atoms with Crippen LogP contribution < -0.4 is 0 Å². The molecule has 0 aliphatic heterocycles. The van der Waals surface area contributed by atoms with Crippen molar-refractivity contribution in [2.45, 2.75) is 0 Å². The van der Waals surface area contributed by atoms with E-state index in [1.165, 1.54) is 36.4 Å². The molecule has 0 aliphatic rings. The third kappa shape index (κ3) is 3.08. The molecule has 5 nitrogen and oxygen atoms in total. The van der Waals surface area contributed by atoms with Crippen LogP contribution in [0, 0.1) is 0 Å². The molecule has 100 valence electrons. The van der Waals surface area contributed by atoms with Gasteiger partial charge < -0.3 is 9.84 Å². The molecule has 0 bridgehead atoms. The lowest BCUT2D eigenvalue weighted by molar-refractivity contribution is 0.0397. The Morgan fingerprint density at radius 1 is 0.700 bits per heavy atom. The van der Waals surface area contributed by atoms with Gasteiger partial charge in [-0.25, -0.2) is 14.4 Å². The second-order valence-corrected chi connectivity index (χ2v) is 3.93. The van der Waals surface area contributed by atoms with E-state index in [2.05, 4.69) is 0 Å². The van der Waals surface area contributed by atoms with E-state index >= 15 is 0 Å². The van der Waals surface area contributed by atoms with Gasteiger partial charge in [-0.2, -0.15) is 0 Å². The first kappa shape index (κ1) is 13.5. The van der Waals surface area contributed by atoms with E-state index in [1.54, 1.807) is 18.2 Å². The normalized spacial score (nSPS) is 9.80. The molecule has 0 heterocycles. The number of hydrogen-bond acceptors (Lipinski definition) is 4. The highest BCUT2D eigenvalue weighted by Gasteiger charge is 2.15. The first-order valence-electron chi connectivity index (χ1n) is 5.73. The second kappa shape index (κ2) is 5.79. The van der Waals surface area contributed by atoms with Gasteiger partial charge in [0, 0.05) is 0 Å². The third-order valence-corrected chi connectivity index (χ3v) is 2.56. The minimum atomic E-state index is -1.09. The van der Waals surface area contributed by atoms with Gasteiger partial charge in [0.1, 0.15) is 0 Å². The fourth-order valence-corrected chi connectivity index (χ4v) is 1.53. The average Bonchev–Trinajstić information content (AvgIpc) is 2.48. The zero-order chi connectivity index (χ0) is 14.5. The van der Waals surface area contributed by atoms with Crippen LogP contribution in [0.3, 0.4) is 0 Å². The number of carbonyl (C=O) groups excluding carboxylic acids is 2. The Balaban J connectivity index is 2.08. The van der Waals surface area contributed by atoms with Crippen molar-refractivity contribution < 1.29 is 24.2 Å². The maximum absolute atomic E-state index is 11.7. The van der Waals surface area contributed by atoms with Gasteiger partial charge in [0.15, 0.2) is 0 Å². The Labute approximate surface area is 114 Å². The number of hydrogen-bond donors (Lipinski definition) is 1. The summed E-state index contributed by atoms with van der Waals surface area (Å²) in [7, 11) is 0. The first-order chi connectivity index (χ1) is 9.58. The number of carboxylic acid groups (broad SMARTS) is 1. The Hall–Kier alpha value is -2.95. The molecule has 0 aliphatic carbocycles. The Bertz CT molecular complexity index is 644. The number of ether oxygens (including phenoxy) is 1. The topological polar surface area (TPSA) is 80.7 Å². The maximum atomic E-state index is 11.7. The van der Waals surface area contributed by atoms with Crippen molar-refractivity contribution in [1.29, 1.82) is 0 Å². The Kier molecular flexibility index (Phi) is 3.91. The van der Waals surface area contributed by atoms with Crippen LogP contribution >= 0.6 is 0 Å². The van der Waals surface area contributed by atoms with Crippen LogP contribution in [0.1, 0.15) is 31.1 Å². The molecule has 1 N–H and O–H groups in total. The molecule has 2 aromatic rings. The van der Waals surface area contributed by atoms with Gasteiger partial charge in [-0.05, 0) is 36.4 Å². The minimum Gasteiger partial charge on any atom is -0.478 e. The summed E-state index contributed by atoms with van der Waals surface area (Å²) in [5.41, 5.74) is 0.429. The van der Waals surface area contributed by atoms with Gasteiger partial charge >= 0.3 is 17.9 Å². The smallest absolute Gasteiger partial charge is 0.346 e. The highest BCUT2D eigenvalue weighted by Crippen LogP contribution is 2.08. The molecule has 0 saturated carbocycles. The molecule has 0 amide bonds. The van der Waals surface area contributed by atoms with Crippen molar-refractivity contribution in [3.8, 4) is 0 Å². The quantitative estimate of drug-likeness (QED) is 0.684. The lowest BCUT2D eigenvalue weighted by Crippen LogP contribution is -2.13. The molecule has 20 heavy (non-hydrogen) atoms. The second-order valence-electron chi connectivity index (χ2n) is 3.93. The van der Waals surface area contributed by atoms with Gasteiger partial charge in [0.25, 0.3) is 0 Å². The standard InChI is InChI=1S/C15H10O5/c16-13(17)10-6-8-12(9-7-10)15(19)20-14(18)11-4-2-1-3-5-11/h1-9H,(H,16,17). The summed E-state index contributed by atoms with van der Waals surface area (Å²) in [6, 6.07) is 13.2. The molecule has 2 aromatic carbocycles. The van der Waals surface area contributed by atoms with Crippen molar-refractivity contribution >= 4 is 17.9 Å². The monoisotopic (exact) mass is 270 g/mol. The maximum Gasteiger partial charge on any atom is 0.346 e. The van der Waals surface area contributed by atoms with Crippen LogP contribution in [0.4, 0.5) is 0 Å². The summed E-state index contributed by atoms with van der Waals surface area (Å²) in [4.78, 5) is 34.1. The lowest BCUT2D eigenvalue weighted by Gasteiger charge is -2.03. The van der Waals surface area contributed by atoms with Crippen LogP contribution in [-0.2, 0) is 4.74 Å². The predicted octanol–water partition coefficient (Wildman–Crippen LogP) is 2.38. The highest BCUT2D eigenvalue weighted by molar-refractivity contribution is 6.02. The molecule has 5 heteroatoms. The number of carboxylic acids is 1. The summed E-state index contributed by atoms with van der Waals surface area (Å²) in [5, 5.41) is 8.74. The minimum absolute atomic E-state index is 0.0518. The van der Waals surface area contributed by atoms with Gasteiger partial charge in [-0.15, -0.1) is 0 Å². The summed E-state index contributed by atoms with van der Waals surface area (Å²) in [6.45, 7) is 0. The number of rotatable bonds is 3. The van der Waals surface area contributed by atoms with Gasteiger partial charge in [-0.1, -0.05) is 18.2 Å². The van der Waals surface area contributed by atoms with Crippen molar-refractivity contribution in [3.05, 3.63) is 71.3 Å². The Morgan fingerprint density at radius 2 is 1.15 bits per heavy atom. The Morgan fingerprint density at radius 3 is 1.65 bits per heavy atom. The first-order valence-corrected chi connectivity index (χ1v) is 5.73. The largest absolute Gasteiger partial charge is 0.478 e. The van der Waals surface area contributed by atoms with Crippen molar-refractivity contribution in [2.24, 2.45) is 0 Å². The van der Waals surface area contributed by atoms with Crippen LogP contribution in [0.5, 0.6) is 0 Å². The lowest BCUT2D eigenvalue weighted by atomic mass is 10.1. The van der Waals surface area contributed by atoms with Crippen LogP contribution in [-0.4, -0.2) is 23.0 Å². The molecule has 2 rings (SSSR count). The van der Waals surface area contributed by atoms with E-state index in [-0.39, 0.29) is 16.7 Å². The molecular formula is C15H10O5. The van der Waals surface area contributed by atoms with E-state index in [1.807, 2.05) is 0 Å². The van der Waals surface area contributed by atoms with Crippen molar-refractivity contribution in [1.82, 2.24) is 0 Å². The number of aromatic carboxylic acids is 1. The van der Waals surface area contributed by atoms with E-state index in [9.17, 15) is 14.4 Å². The number of esters is 2. The molecule has 0 atom stereocenters. The molecule has 0 aromatic heterocycles. The van der Waals surface area contributed by atoms with E-state index in [0.717, 1.165) is 0 Å². The zero-order valence-corrected chi connectivity index (χ0v) is 10.3. The molecule has 0 radical (unpaired) electrons. The predicted molar refractivity (Wildman–Crippen MR) is 69.6 cm³/mol. The summed E-state index contributed by atoms with van der Waals surface area (Å²) in [5.74, 6) is -2.67. The average molecular weight is 270 g/mol. The highest BCUT2D eigenvalue weighted by atomic mass is 16.6. The molecule has 0 saturated heterocycles. The van der Waals surface area contributed by atoms with Crippen molar-refractivity contribution in [3.63, 3.8) is 0 Å². The fourth-order valence-electron chi connectivity index (χ4n) is 1.53. The molecular weight excluding hydrogens is 260 g/mol. The van der Waals surface area contributed by atoms with Crippen LogP contribution in [0.15, 0.2) is 54.6 Å². The zero-order valence-electron chi connectivity index (χ0n) is 10.3. The number of carbonyl (C=O) groups is 3. The van der Waals surface area contributed by atoms with Gasteiger partial charge in [0.05, 0.1) is 16.7 Å². The molecule has 0 unspecified atom stereocenters. The van der Waals surface area contributed by atoms with Crippen LogP contribution in [0.25, 0.3) is 0 Å². The molecule has 0 fully saturated rings. The molecule has 0 spiro atoms. The van der Waals surface area contributed by atoms with Gasteiger partial charge in [-0.3, -0.25) is 0 Å². The van der Waals surface area contributed by atoms with E-state index in [4.69, 9.17) is 9.84 Å². The SMILES string of the molecule is O=C(O)c1ccc(C(=O)OC(=O)c2ccccc2)cc1. The van der Waals surface area contributed by atoms with E-state index in [0.29, 0.717) is 0 Å². The summed E-state index contributed by atoms with van der Waals surface area (Å²) < 4.78 is 4.70. The summed E-state index contributed by atoms with van der Waals surface area (Å²) >= 11 is 0. The van der Waals surface area contributed by atoms with Gasteiger partial charge in [0.2, 0.25) is 0 Å². The van der Waals surface area contributed by atoms with Crippen LogP contribution in [0.2, 0.25) is 0 Å². The third-order valence-electron chi connectivity index (χ3n) is 2.56. The fraction of sp³-hybridized carbons (Fsp3) is 0.